The van der Waals surface area contributed by atoms with Crippen LogP contribution < -0.4 is 4.74 Å². The predicted octanol–water partition coefficient (Wildman–Crippen LogP) is 1.93. The van der Waals surface area contributed by atoms with Crippen LogP contribution in [0.4, 0.5) is 8.78 Å². The van der Waals surface area contributed by atoms with Crippen LogP contribution in [0.25, 0.3) is 0 Å². The van der Waals surface area contributed by atoms with E-state index in [9.17, 15) is 13.6 Å². The van der Waals surface area contributed by atoms with Gasteiger partial charge in [0.2, 0.25) is 0 Å². The molecule has 70 valence electrons. The Morgan fingerprint density at radius 1 is 1.38 bits per heavy atom. The molecule has 13 heavy (non-hydrogen) atoms. The number of halogens is 2. The zero-order valence-electron chi connectivity index (χ0n) is 6.80. The summed E-state index contributed by atoms with van der Waals surface area (Å²) in [7, 11) is 0. The SMILES string of the molecule is O=CCCOc1ccc(F)cc1F. The average Bonchev–Trinajstić information content (AvgIpc) is 2.09. The van der Waals surface area contributed by atoms with E-state index in [2.05, 4.69) is 0 Å². The molecule has 1 aromatic rings. The van der Waals surface area contributed by atoms with Gasteiger partial charge in [0.1, 0.15) is 12.1 Å². The highest BCUT2D eigenvalue weighted by Crippen LogP contribution is 2.17. The van der Waals surface area contributed by atoms with Gasteiger partial charge in [-0.15, -0.1) is 0 Å². The van der Waals surface area contributed by atoms with E-state index in [0.29, 0.717) is 6.29 Å². The first-order valence-electron chi connectivity index (χ1n) is 3.75. The highest BCUT2D eigenvalue weighted by atomic mass is 19.1. The maximum Gasteiger partial charge on any atom is 0.167 e. The van der Waals surface area contributed by atoms with Gasteiger partial charge in [0.15, 0.2) is 11.6 Å². The van der Waals surface area contributed by atoms with E-state index in [-0.39, 0.29) is 18.8 Å². The lowest BCUT2D eigenvalue weighted by Crippen LogP contribution is -1.99. The third-order valence-corrected chi connectivity index (χ3v) is 1.39. The fraction of sp³-hybridized carbons (Fsp3) is 0.222. The van der Waals surface area contributed by atoms with Crippen molar-refractivity contribution in [2.45, 2.75) is 6.42 Å². The van der Waals surface area contributed by atoms with Crippen LogP contribution in [0.1, 0.15) is 6.42 Å². The topological polar surface area (TPSA) is 26.3 Å². The van der Waals surface area contributed by atoms with E-state index in [1.54, 1.807) is 0 Å². The molecule has 0 aliphatic rings. The smallest absolute Gasteiger partial charge is 0.167 e. The van der Waals surface area contributed by atoms with E-state index in [4.69, 9.17) is 4.74 Å². The fourth-order valence-corrected chi connectivity index (χ4v) is 0.809. The molecule has 0 atom stereocenters. The third-order valence-electron chi connectivity index (χ3n) is 1.39. The van der Waals surface area contributed by atoms with Gasteiger partial charge in [-0.3, -0.25) is 0 Å². The summed E-state index contributed by atoms with van der Waals surface area (Å²) in [6.07, 6.45) is 0.859. The van der Waals surface area contributed by atoms with Gasteiger partial charge in [0.25, 0.3) is 0 Å². The van der Waals surface area contributed by atoms with Crippen molar-refractivity contribution >= 4 is 6.29 Å². The van der Waals surface area contributed by atoms with Gasteiger partial charge in [0, 0.05) is 12.5 Å². The summed E-state index contributed by atoms with van der Waals surface area (Å²) in [4.78, 5) is 9.90. The Morgan fingerprint density at radius 3 is 2.77 bits per heavy atom. The lowest BCUT2D eigenvalue weighted by molar-refractivity contribution is -0.108. The first-order valence-corrected chi connectivity index (χ1v) is 3.75. The summed E-state index contributed by atoms with van der Waals surface area (Å²) in [5.74, 6) is -1.45. The summed E-state index contributed by atoms with van der Waals surface area (Å²) in [6.45, 7) is 0.103. The molecule has 0 radical (unpaired) electrons. The summed E-state index contributed by atoms with van der Waals surface area (Å²) < 4.78 is 30.1. The minimum atomic E-state index is -0.758. The summed E-state index contributed by atoms with van der Waals surface area (Å²) in [6, 6.07) is 3.02. The van der Waals surface area contributed by atoms with E-state index >= 15 is 0 Å². The number of hydrogen-bond donors (Lipinski definition) is 0. The summed E-state index contributed by atoms with van der Waals surface area (Å²) in [5, 5.41) is 0. The minimum absolute atomic E-state index is 0.0387. The molecule has 0 aromatic heterocycles. The van der Waals surface area contributed by atoms with Crippen LogP contribution in [-0.2, 0) is 4.79 Å². The number of carbonyl (C=O) groups excluding carboxylic acids is 1. The van der Waals surface area contributed by atoms with Crippen molar-refractivity contribution in [3.63, 3.8) is 0 Å². The second-order valence-corrected chi connectivity index (χ2v) is 2.38. The average molecular weight is 186 g/mol. The van der Waals surface area contributed by atoms with Gasteiger partial charge in [-0.2, -0.15) is 0 Å². The second kappa shape index (κ2) is 4.54. The van der Waals surface area contributed by atoms with Crippen LogP contribution in [-0.4, -0.2) is 12.9 Å². The number of benzene rings is 1. The number of rotatable bonds is 4. The molecule has 4 heteroatoms. The van der Waals surface area contributed by atoms with Gasteiger partial charge in [-0.1, -0.05) is 0 Å². The molecule has 0 aliphatic heterocycles. The Hall–Kier alpha value is -1.45. The standard InChI is InChI=1S/C9H8F2O2/c10-7-2-3-9(8(11)6-7)13-5-1-4-12/h2-4,6H,1,5H2. The number of ether oxygens (including phenoxy) is 1. The van der Waals surface area contributed by atoms with Crippen molar-refractivity contribution in [3.05, 3.63) is 29.8 Å². The molecule has 1 rings (SSSR count). The van der Waals surface area contributed by atoms with Gasteiger partial charge in [-0.25, -0.2) is 8.78 Å². The van der Waals surface area contributed by atoms with Crippen LogP contribution in [0.5, 0.6) is 5.75 Å². The quantitative estimate of drug-likeness (QED) is 0.530. The molecule has 1 aromatic carbocycles. The number of aldehydes is 1. The van der Waals surface area contributed by atoms with E-state index in [1.807, 2.05) is 0 Å². The first-order chi connectivity index (χ1) is 6.24. The molecule has 0 aliphatic carbocycles. The largest absolute Gasteiger partial charge is 0.490 e. The Kier molecular flexibility index (Phi) is 3.37. The molecule has 0 unspecified atom stereocenters. The zero-order valence-corrected chi connectivity index (χ0v) is 6.80. The van der Waals surface area contributed by atoms with Crippen molar-refractivity contribution in [2.24, 2.45) is 0 Å². The Bertz CT molecular complexity index is 300. The molecular weight excluding hydrogens is 178 g/mol. The molecule has 0 amide bonds. The van der Waals surface area contributed by atoms with Crippen LogP contribution in [0.3, 0.4) is 0 Å². The highest BCUT2D eigenvalue weighted by Gasteiger charge is 2.03. The van der Waals surface area contributed by atoms with Crippen molar-refractivity contribution in [1.29, 1.82) is 0 Å². The Balaban J connectivity index is 2.61. The molecule has 0 saturated heterocycles. The Morgan fingerprint density at radius 2 is 2.15 bits per heavy atom. The normalized spacial score (nSPS) is 9.69. The van der Waals surface area contributed by atoms with Gasteiger partial charge in [0.05, 0.1) is 6.61 Å². The molecule has 0 bridgehead atoms. The second-order valence-electron chi connectivity index (χ2n) is 2.38. The molecular formula is C9H8F2O2. The summed E-state index contributed by atoms with van der Waals surface area (Å²) >= 11 is 0. The van der Waals surface area contributed by atoms with Crippen molar-refractivity contribution < 1.29 is 18.3 Å². The van der Waals surface area contributed by atoms with E-state index in [1.165, 1.54) is 6.07 Å². The van der Waals surface area contributed by atoms with Crippen LogP contribution in [0.15, 0.2) is 18.2 Å². The predicted molar refractivity (Wildman–Crippen MR) is 42.5 cm³/mol. The van der Waals surface area contributed by atoms with Crippen molar-refractivity contribution in [2.75, 3.05) is 6.61 Å². The van der Waals surface area contributed by atoms with E-state index in [0.717, 1.165) is 12.1 Å². The lowest BCUT2D eigenvalue weighted by Gasteiger charge is -2.04. The molecule has 2 nitrogen and oxygen atoms in total. The van der Waals surface area contributed by atoms with Crippen molar-refractivity contribution in [3.8, 4) is 5.75 Å². The monoisotopic (exact) mass is 186 g/mol. The van der Waals surface area contributed by atoms with Gasteiger partial charge in [-0.05, 0) is 12.1 Å². The maximum absolute atomic E-state index is 12.8. The Labute approximate surface area is 74.1 Å². The van der Waals surface area contributed by atoms with Crippen LogP contribution in [0.2, 0.25) is 0 Å². The zero-order chi connectivity index (χ0) is 9.68. The highest BCUT2D eigenvalue weighted by molar-refractivity contribution is 5.49. The lowest BCUT2D eigenvalue weighted by atomic mass is 10.3. The molecule has 0 saturated carbocycles. The van der Waals surface area contributed by atoms with Gasteiger partial charge >= 0.3 is 0 Å². The first kappa shape index (κ1) is 9.64. The number of hydrogen-bond acceptors (Lipinski definition) is 2. The van der Waals surface area contributed by atoms with Gasteiger partial charge < -0.3 is 9.53 Å². The van der Waals surface area contributed by atoms with Crippen molar-refractivity contribution in [1.82, 2.24) is 0 Å². The maximum atomic E-state index is 12.8. The molecule has 0 fully saturated rings. The third kappa shape index (κ3) is 2.82. The molecule has 0 N–H and O–H groups in total. The minimum Gasteiger partial charge on any atom is -0.490 e. The summed E-state index contributed by atoms with van der Waals surface area (Å²) in [5.41, 5.74) is 0. The molecule has 0 spiro atoms. The molecule has 0 heterocycles. The van der Waals surface area contributed by atoms with Crippen LogP contribution in [0, 0.1) is 11.6 Å². The fourth-order valence-electron chi connectivity index (χ4n) is 0.809. The van der Waals surface area contributed by atoms with Crippen LogP contribution >= 0.6 is 0 Å². The number of carbonyl (C=O) groups is 1. The van der Waals surface area contributed by atoms with E-state index < -0.39 is 11.6 Å².